The van der Waals surface area contributed by atoms with Gasteiger partial charge in [0.15, 0.2) is 5.82 Å². The first-order valence-corrected chi connectivity index (χ1v) is 5.40. The van der Waals surface area contributed by atoms with Crippen molar-refractivity contribution in [2.24, 2.45) is 0 Å². The summed E-state index contributed by atoms with van der Waals surface area (Å²) in [6.07, 6.45) is 5.18. The number of hydrogen-bond donors (Lipinski definition) is 1. The summed E-state index contributed by atoms with van der Waals surface area (Å²) in [5.74, 6) is 0.817. The molecule has 18 heavy (non-hydrogen) atoms. The van der Waals surface area contributed by atoms with Crippen LogP contribution in [0.3, 0.4) is 0 Å². The third kappa shape index (κ3) is 1.84. The van der Waals surface area contributed by atoms with E-state index in [9.17, 15) is 4.79 Å². The molecule has 0 aliphatic rings. The minimum atomic E-state index is -0.237. The number of imidazole rings is 1. The number of carbonyl (C=O) groups is 1. The Labute approximate surface area is 102 Å². The molecule has 0 saturated heterocycles. The van der Waals surface area contributed by atoms with E-state index < -0.39 is 0 Å². The maximum atomic E-state index is 12.0. The molecule has 3 heterocycles. The lowest BCUT2D eigenvalue weighted by molar-refractivity contribution is 0.102. The van der Waals surface area contributed by atoms with E-state index in [1.807, 2.05) is 0 Å². The summed E-state index contributed by atoms with van der Waals surface area (Å²) in [7, 11) is 0. The van der Waals surface area contributed by atoms with E-state index >= 15 is 0 Å². The van der Waals surface area contributed by atoms with Crippen molar-refractivity contribution in [3.8, 4) is 0 Å². The van der Waals surface area contributed by atoms with Gasteiger partial charge in [0, 0.05) is 24.7 Å². The van der Waals surface area contributed by atoms with Crippen molar-refractivity contribution in [3.63, 3.8) is 0 Å². The molecule has 0 atom stereocenters. The maximum absolute atomic E-state index is 12.0. The zero-order chi connectivity index (χ0) is 12.5. The smallest absolute Gasteiger partial charge is 0.258 e. The fraction of sp³-hybridized carbons (Fsp3) is 0.0833. The van der Waals surface area contributed by atoms with E-state index in [0.717, 1.165) is 5.65 Å². The van der Waals surface area contributed by atoms with Crippen molar-refractivity contribution in [2.45, 2.75) is 6.92 Å². The van der Waals surface area contributed by atoms with Gasteiger partial charge in [0.25, 0.3) is 5.91 Å². The molecule has 6 heteroatoms. The number of amides is 1. The summed E-state index contributed by atoms with van der Waals surface area (Å²) in [6, 6.07) is 5.15. The van der Waals surface area contributed by atoms with Gasteiger partial charge in [0.05, 0.1) is 5.56 Å². The first kappa shape index (κ1) is 10.5. The molecule has 90 valence electrons. The fourth-order valence-electron chi connectivity index (χ4n) is 1.67. The molecule has 3 rings (SSSR count). The molecule has 0 unspecified atom stereocenters. The molecule has 0 saturated carbocycles. The Morgan fingerprint density at radius 1 is 1.44 bits per heavy atom. The van der Waals surface area contributed by atoms with E-state index in [1.165, 1.54) is 0 Å². The molecule has 3 aromatic heterocycles. The highest BCUT2D eigenvalue weighted by molar-refractivity contribution is 6.03. The summed E-state index contributed by atoms with van der Waals surface area (Å²) in [5, 5.41) is 6.37. The number of rotatable bonds is 2. The summed E-state index contributed by atoms with van der Waals surface area (Å²) in [6.45, 7) is 1.76. The molecule has 0 aliphatic heterocycles. The van der Waals surface area contributed by atoms with Crippen LogP contribution in [0.2, 0.25) is 0 Å². The average Bonchev–Trinajstić information content (AvgIpc) is 2.96. The minimum absolute atomic E-state index is 0.237. The zero-order valence-corrected chi connectivity index (χ0v) is 9.62. The van der Waals surface area contributed by atoms with Crippen LogP contribution in [0.15, 0.2) is 41.3 Å². The van der Waals surface area contributed by atoms with Crippen molar-refractivity contribution in [2.75, 3.05) is 5.32 Å². The van der Waals surface area contributed by atoms with E-state index in [4.69, 9.17) is 4.52 Å². The first-order chi connectivity index (χ1) is 8.72. The van der Waals surface area contributed by atoms with Gasteiger partial charge in [-0.1, -0.05) is 5.16 Å². The van der Waals surface area contributed by atoms with Crippen molar-refractivity contribution in [1.29, 1.82) is 0 Å². The van der Waals surface area contributed by atoms with Gasteiger partial charge in [-0.05, 0) is 19.1 Å². The van der Waals surface area contributed by atoms with Crippen LogP contribution in [0.5, 0.6) is 0 Å². The van der Waals surface area contributed by atoms with Crippen LogP contribution in [-0.2, 0) is 0 Å². The molecule has 0 aromatic carbocycles. The van der Waals surface area contributed by atoms with Crippen LogP contribution in [0.1, 0.15) is 16.1 Å². The van der Waals surface area contributed by atoms with Crippen LogP contribution in [0.4, 0.5) is 5.82 Å². The molecule has 0 fully saturated rings. The van der Waals surface area contributed by atoms with E-state index in [2.05, 4.69) is 15.5 Å². The number of nitrogens with one attached hydrogen (secondary N) is 1. The summed E-state index contributed by atoms with van der Waals surface area (Å²) in [4.78, 5) is 16.1. The Kier molecular flexibility index (Phi) is 2.33. The Hall–Kier alpha value is -2.63. The Bertz CT molecular complexity index is 714. The molecule has 0 spiro atoms. The summed E-state index contributed by atoms with van der Waals surface area (Å²) >= 11 is 0. The van der Waals surface area contributed by atoms with E-state index in [-0.39, 0.29) is 5.91 Å². The maximum Gasteiger partial charge on any atom is 0.258 e. The second kappa shape index (κ2) is 3.99. The standard InChI is InChI=1S/C12H10N4O2/c1-8-6-10(15-18-8)14-12(17)9-2-3-11-13-4-5-16(11)7-9/h2-7H,1H3,(H,14,15,17). The highest BCUT2D eigenvalue weighted by Crippen LogP contribution is 2.10. The largest absolute Gasteiger partial charge is 0.360 e. The lowest BCUT2D eigenvalue weighted by Crippen LogP contribution is -2.12. The number of nitrogens with zero attached hydrogens (tertiary/aromatic N) is 3. The Balaban J connectivity index is 1.87. The molecule has 0 radical (unpaired) electrons. The molecule has 1 amide bonds. The lowest BCUT2D eigenvalue weighted by atomic mass is 10.2. The van der Waals surface area contributed by atoms with E-state index in [1.54, 1.807) is 48.1 Å². The molecule has 0 bridgehead atoms. The minimum Gasteiger partial charge on any atom is -0.360 e. The number of fused-ring (bicyclic) bond motifs is 1. The van der Waals surface area contributed by atoms with Gasteiger partial charge >= 0.3 is 0 Å². The molecule has 0 aliphatic carbocycles. The van der Waals surface area contributed by atoms with Crippen LogP contribution in [0, 0.1) is 6.92 Å². The van der Waals surface area contributed by atoms with Crippen LogP contribution in [0.25, 0.3) is 5.65 Å². The fourth-order valence-corrected chi connectivity index (χ4v) is 1.67. The van der Waals surface area contributed by atoms with Crippen LogP contribution < -0.4 is 5.32 Å². The van der Waals surface area contributed by atoms with Crippen LogP contribution in [-0.4, -0.2) is 20.4 Å². The van der Waals surface area contributed by atoms with Crippen LogP contribution >= 0.6 is 0 Å². The molecule has 1 N–H and O–H groups in total. The second-order valence-corrected chi connectivity index (χ2v) is 3.89. The monoisotopic (exact) mass is 242 g/mol. The highest BCUT2D eigenvalue weighted by atomic mass is 16.5. The highest BCUT2D eigenvalue weighted by Gasteiger charge is 2.09. The molecular formula is C12H10N4O2. The van der Waals surface area contributed by atoms with Gasteiger partial charge < -0.3 is 14.2 Å². The SMILES string of the molecule is Cc1cc(NC(=O)c2ccc3nccn3c2)no1. The Morgan fingerprint density at radius 3 is 3.11 bits per heavy atom. The number of pyridine rings is 1. The number of hydrogen-bond acceptors (Lipinski definition) is 4. The molecular weight excluding hydrogens is 232 g/mol. The predicted octanol–water partition coefficient (Wildman–Crippen LogP) is 1.88. The van der Waals surface area contributed by atoms with Gasteiger partial charge in [0.1, 0.15) is 11.4 Å². The summed E-state index contributed by atoms with van der Waals surface area (Å²) < 4.78 is 6.66. The topological polar surface area (TPSA) is 72.4 Å². The average molecular weight is 242 g/mol. The third-order valence-electron chi connectivity index (χ3n) is 2.52. The zero-order valence-electron chi connectivity index (χ0n) is 9.62. The predicted molar refractivity (Wildman–Crippen MR) is 64.4 cm³/mol. The second-order valence-electron chi connectivity index (χ2n) is 3.89. The van der Waals surface area contributed by atoms with Crippen molar-refractivity contribution >= 4 is 17.4 Å². The Morgan fingerprint density at radius 2 is 2.33 bits per heavy atom. The van der Waals surface area contributed by atoms with Crippen molar-refractivity contribution in [1.82, 2.24) is 14.5 Å². The third-order valence-corrected chi connectivity index (χ3v) is 2.52. The van der Waals surface area contributed by atoms with Gasteiger partial charge in [-0.3, -0.25) is 4.79 Å². The van der Waals surface area contributed by atoms with E-state index in [0.29, 0.717) is 17.1 Å². The summed E-state index contributed by atoms with van der Waals surface area (Å²) in [5.41, 5.74) is 1.32. The van der Waals surface area contributed by atoms with Gasteiger partial charge in [0.2, 0.25) is 0 Å². The number of anilines is 1. The number of aryl methyl sites for hydroxylation is 1. The van der Waals surface area contributed by atoms with Crippen molar-refractivity contribution < 1.29 is 9.32 Å². The van der Waals surface area contributed by atoms with Gasteiger partial charge in [-0.15, -0.1) is 0 Å². The molecule has 3 aromatic rings. The quantitative estimate of drug-likeness (QED) is 0.744. The first-order valence-electron chi connectivity index (χ1n) is 5.40. The number of carbonyl (C=O) groups excluding carboxylic acids is 1. The van der Waals surface area contributed by atoms with Gasteiger partial charge in [-0.25, -0.2) is 4.98 Å². The lowest BCUT2D eigenvalue weighted by Gasteiger charge is -2.02. The molecule has 6 nitrogen and oxygen atoms in total. The normalized spacial score (nSPS) is 10.7. The number of aromatic nitrogens is 3. The van der Waals surface area contributed by atoms with Gasteiger partial charge in [-0.2, -0.15) is 0 Å². The van der Waals surface area contributed by atoms with Crippen molar-refractivity contribution in [3.05, 3.63) is 48.1 Å².